The molecule has 2 N–H and O–H groups in total. The van der Waals surface area contributed by atoms with Crippen LogP contribution in [0, 0.1) is 11.3 Å². The van der Waals surface area contributed by atoms with Gasteiger partial charge in [0.1, 0.15) is 11.1 Å². The van der Waals surface area contributed by atoms with Crippen LogP contribution in [0.2, 0.25) is 0 Å². The van der Waals surface area contributed by atoms with Crippen LogP contribution in [-0.4, -0.2) is 35.2 Å². The van der Waals surface area contributed by atoms with Gasteiger partial charge in [-0.3, -0.25) is 0 Å². The van der Waals surface area contributed by atoms with Gasteiger partial charge >= 0.3 is 6.09 Å². The van der Waals surface area contributed by atoms with E-state index in [-0.39, 0.29) is 6.54 Å². The predicted molar refractivity (Wildman–Crippen MR) is 59.6 cm³/mol. The van der Waals surface area contributed by atoms with Crippen LogP contribution < -0.4 is 5.73 Å². The first kappa shape index (κ1) is 12.8. The van der Waals surface area contributed by atoms with Crippen molar-refractivity contribution >= 4 is 6.09 Å². The molecule has 1 aliphatic heterocycles. The van der Waals surface area contributed by atoms with E-state index in [2.05, 4.69) is 6.07 Å². The van der Waals surface area contributed by atoms with Crippen LogP contribution in [0.25, 0.3) is 0 Å². The Morgan fingerprint density at radius 3 is 2.69 bits per heavy atom. The van der Waals surface area contributed by atoms with Gasteiger partial charge in [-0.1, -0.05) is 0 Å². The third-order valence-electron chi connectivity index (χ3n) is 2.40. The van der Waals surface area contributed by atoms with E-state index in [1.54, 1.807) is 0 Å². The molecule has 0 bridgehead atoms. The number of likely N-dealkylation sites (tertiary alicyclic amines) is 1. The van der Waals surface area contributed by atoms with E-state index in [4.69, 9.17) is 15.7 Å². The Morgan fingerprint density at radius 2 is 2.19 bits per heavy atom. The summed E-state index contributed by atoms with van der Waals surface area (Å²) in [6.07, 6.45) is 0.976. The monoisotopic (exact) mass is 225 g/mol. The summed E-state index contributed by atoms with van der Waals surface area (Å²) in [5.41, 5.74) is 4.40. The zero-order valence-corrected chi connectivity index (χ0v) is 10.1. The summed E-state index contributed by atoms with van der Waals surface area (Å²) in [5.74, 6) is 0. The summed E-state index contributed by atoms with van der Waals surface area (Å²) >= 11 is 0. The lowest BCUT2D eigenvalue weighted by Gasteiger charge is -2.36. The van der Waals surface area contributed by atoms with Crippen molar-refractivity contribution in [3.05, 3.63) is 0 Å². The maximum absolute atomic E-state index is 11.8. The lowest BCUT2D eigenvalue weighted by atomic mass is 9.92. The van der Waals surface area contributed by atoms with Crippen LogP contribution in [0.4, 0.5) is 4.79 Å². The highest BCUT2D eigenvalue weighted by atomic mass is 16.6. The summed E-state index contributed by atoms with van der Waals surface area (Å²) in [6, 6.07) is 2.06. The number of carbonyl (C=O) groups excluding carboxylic acids is 1. The molecule has 0 spiro atoms. The summed E-state index contributed by atoms with van der Waals surface area (Å²) in [7, 11) is 0. The SMILES string of the molecule is CC(C)(C)OC(=O)N1CCCC(N)(C#N)C1. The lowest BCUT2D eigenvalue weighted by Crippen LogP contribution is -2.55. The van der Waals surface area contributed by atoms with Gasteiger partial charge in [-0.15, -0.1) is 0 Å². The van der Waals surface area contributed by atoms with Gasteiger partial charge in [-0.25, -0.2) is 4.79 Å². The Hall–Kier alpha value is -1.28. The zero-order valence-electron chi connectivity index (χ0n) is 10.1. The third kappa shape index (κ3) is 3.38. The lowest BCUT2D eigenvalue weighted by molar-refractivity contribution is 0.0172. The van der Waals surface area contributed by atoms with Gasteiger partial charge in [-0.2, -0.15) is 5.26 Å². The molecule has 0 saturated carbocycles. The number of piperidine rings is 1. The Kier molecular flexibility index (Phi) is 3.44. The summed E-state index contributed by atoms with van der Waals surface area (Å²) < 4.78 is 5.24. The number of nitriles is 1. The molecule has 1 amide bonds. The van der Waals surface area contributed by atoms with Crippen LogP contribution in [0.1, 0.15) is 33.6 Å². The van der Waals surface area contributed by atoms with Crippen LogP contribution in [0.15, 0.2) is 0 Å². The van der Waals surface area contributed by atoms with Gasteiger partial charge in [0.25, 0.3) is 0 Å². The van der Waals surface area contributed by atoms with Crippen molar-refractivity contribution in [2.45, 2.75) is 44.8 Å². The number of amides is 1. The molecule has 1 fully saturated rings. The molecular formula is C11H19N3O2. The number of nitrogens with two attached hydrogens (primary N) is 1. The molecular weight excluding hydrogens is 206 g/mol. The molecule has 5 heteroatoms. The summed E-state index contributed by atoms with van der Waals surface area (Å²) in [6.45, 7) is 6.30. The van der Waals surface area contributed by atoms with E-state index >= 15 is 0 Å². The van der Waals surface area contributed by atoms with Crippen molar-refractivity contribution in [1.82, 2.24) is 4.90 Å². The first-order chi connectivity index (χ1) is 7.26. The molecule has 1 rings (SSSR count). The molecule has 1 saturated heterocycles. The molecule has 5 nitrogen and oxygen atoms in total. The van der Waals surface area contributed by atoms with Crippen LogP contribution in [-0.2, 0) is 4.74 Å². The molecule has 0 aromatic rings. The highest BCUT2D eigenvalue weighted by Crippen LogP contribution is 2.20. The van der Waals surface area contributed by atoms with Gasteiger partial charge in [0.2, 0.25) is 0 Å². The predicted octanol–water partition coefficient (Wildman–Crippen LogP) is 1.24. The van der Waals surface area contributed by atoms with Gasteiger partial charge in [-0.05, 0) is 33.6 Å². The van der Waals surface area contributed by atoms with Crippen LogP contribution >= 0.6 is 0 Å². The largest absolute Gasteiger partial charge is 0.444 e. The Morgan fingerprint density at radius 1 is 1.56 bits per heavy atom. The average Bonchev–Trinajstić information content (AvgIpc) is 2.15. The number of rotatable bonds is 0. The minimum absolute atomic E-state index is 0.248. The first-order valence-electron chi connectivity index (χ1n) is 5.44. The average molecular weight is 225 g/mol. The Balaban J connectivity index is 2.62. The third-order valence-corrected chi connectivity index (χ3v) is 2.40. The molecule has 0 aromatic heterocycles. The Labute approximate surface area is 96.2 Å². The zero-order chi connectivity index (χ0) is 12.4. The van der Waals surface area contributed by atoms with Crippen molar-refractivity contribution in [2.75, 3.05) is 13.1 Å². The van der Waals surface area contributed by atoms with E-state index in [1.165, 1.54) is 4.90 Å². The van der Waals surface area contributed by atoms with Gasteiger partial charge in [0, 0.05) is 6.54 Å². The van der Waals surface area contributed by atoms with Crippen molar-refractivity contribution < 1.29 is 9.53 Å². The highest BCUT2D eigenvalue weighted by Gasteiger charge is 2.35. The van der Waals surface area contributed by atoms with Gasteiger partial charge in [0.05, 0.1) is 12.6 Å². The maximum Gasteiger partial charge on any atom is 0.410 e. The molecule has 0 radical (unpaired) electrons. The highest BCUT2D eigenvalue weighted by molar-refractivity contribution is 5.68. The quantitative estimate of drug-likeness (QED) is 0.672. The summed E-state index contributed by atoms with van der Waals surface area (Å²) in [5, 5.41) is 8.93. The second-order valence-corrected chi connectivity index (χ2v) is 5.27. The fourth-order valence-electron chi connectivity index (χ4n) is 1.66. The molecule has 1 heterocycles. The molecule has 1 unspecified atom stereocenters. The van der Waals surface area contributed by atoms with E-state index in [0.29, 0.717) is 13.0 Å². The van der Waals surface area contributed by atoms with E-state index in [1.807, 2.05) is 20.8 Å². The van der Waals surface area contributed by atoms with Crippen molar-refractivity contribution in [2.24, 2.45) is 5.73 Å². The van der Waals surface area contributed by atoms with Crippen LogP contribution in [0.3, 0.4) is 0 Å². The number of nitrogens with zero attached hydrogens (tertiary/aromatic N) is 2. The molecule has 90 valence electrons. The normalized spacial score (nSPS) is 26.1. The molecule has 0 aromatic carbocycles. The summed E-state index contributed by atoms with van der Waals surface area (Å²) in [4.78, 5) is 13.3. The number of ether oxygens (including phenoxy) is 1. The van der Waals surface area contributed by atoms with E-state index < -0.39 is 17.2 Å². The second kappa shape index (κ2) is 4.30. The van der Waals surface area contributed by atoms with Crippen molar-refractivity contribution in [3.63, 3.8) is 0 Å². The van der Waals surface area contributed by atoms with Gasteiger partial charge < -0.3 is 15.4 Å². The number of hydrogen-bond acceptors (Lipinski definition) is 4. The number of hydrogen-bond donors (Lipinski definition) is 1. The first-order valence-corrected chi connectivity index (χ1v) is 5.44. The van der Waals surface area contributed by atoms with E-state index in [0.717, 1.165) is 6.42 Å². The maximum atomic E-state index is 11.8. The minimum atomic E-state index is -0.921. The fourth-order valence-corrected chi connectivity index (χ4v) is 1.66. The minimum Gasteiger partial charge on any atom is -0.444 e. The number of carbonyl (C=O) groups is 1. The molecule has 16 heavy (non-hydrogen) atoms. The topological polar surface area (TPSA) is 79.3 Å². The Bertz CT molecular complexity index is 316. The second-order valence-electron chi connectivity index (χ2n) is 5.27. The smallest absolute Gasteiger partial charge is 0.410 e. The van der Waals surface area contributed by atoms with Gasteiger partial charge in [0.15, 0.2) is 0 Å². The fraction of sp³-hybridized carbons (Fsp3) is 0.818. The molecule has 1 aliphatic rings. The standard InChI is InChI=1S/C11H19N3O2/c1-10(2,3)16-9(15)14-6-4-5-11(13,7-12)8-14/h4-6,8,13H2,1-3H3. The van der Waals surface area contributed by atoms with E-state index in [9.17, 15) is 4.79 Å². The van der Waals surface area contributed by atoms with Crippen molar-refractivity contribution in [1.29, 1.82) is 5.26 Å². The molecule has 0 aliphatic carbocycles. The van der Waals surface area contributed by atoms with Crippen LogP contribution in [0.5, 0.6) is 0 Å². The molecule has 1 atom stereocenters. The van der Waals surface area contributed by atoms with Crippen molar-refractivity contribution in [3.8, 4) is 6.07 Å².